The topological polar surface area (TPSA) is 47.9 Å². The normalized spacial score (nSPS) is 11.0. The maximum absolute atomic E-state index is 13.4. The van der Waals surface area contributed by atoms with Crippen molar-refractivity contribution in [2.75, 3.05) is 14.1 Å². The van der Waals surface area contributed by atoms with Crippen molar-refractivity contribution in [2.45, 2.75) is 19.7 Å². The van der Waals surface area contributed by atoms with Gasteiger partial charge in [0.1, 0.15) is 5.82 Å². The van der Waals surface area contributed by atoms with Gasteiger partial charge >= 0.3 is 0 Å². The first-order chi connectivity index (χ1) is 11.5. The lowest BCUT2D eigenvalue weighted by atomic mass is 10.1. The van der Waals surface area contributed by atoms with Gasteiger partial charge in [0.15, 0.2) is 5.96 Å². The highest BCUT2D eigenvalue weighted by Gasteiger charge is 2.09. The van der Waals surface area contributed by atoms with Crippen LogP contribution in [0.5, 0.6) is 0 Å². The third kappa shape index (κ3) is 6.13. The van der Waals surface area contributed by atoms with Crippen molar-refractivity contribution in [1.82, 2.24) is 10.2 Å². The van der Waals surface area contributed by atoms with Crippen LogP contribution >= 0.6 is 35.6 Å². The molecule has 0 unspecified atom stereocenters. The Bertz CT molecular complexity index is 727. The first kappa shape index (κ1) is 21.7. The standard InChI is InChI=1S/C18H21ClFN3O.HI/c1-21-18(23(2)11-14-5-3-4-6-16(14)19)22-10-13-7-8-17(20)15(9-13)12-24;/h3-9,24H,10-12H2,1-2H3,(H,21,22);1H. The molecule has 25 heavy (non-hydrogen) atoms. The van der Waals surface area contributed by atoms with Crippen LogP contribution in [0.15, 0.2) is 47.5 Å². The van der Waals surface area contributed by atoms with Crippen LogP contribution in [0, 0.1) is 5.82 Å². The van der Waals surface area contributed by atoms with Crippen molar-refractivity contribution < 1.29 is 9.50 Å². The van der Waals surface area contributed by atoms with Gasteiger partial charge < -0.3 is 15.3 Å². The van der Waals surface area contributed by atoms with E-state index >= 15 is 0 Å². The van der Waals surface area contributed by atoms with Crippen LogP contribution in [-0.4, -0.2) is 30.1 Å². The van der Waals surface area contributed by atoms with Gasteiger partial charge in [-0.05, 0) is 29.3 Å². The molecule has 0 heterocycles. The zero-order valence-corrected chi connectivity index (χ0v) is 17.3. The zero-order chi connectivity index (χ0) is 17.5. The summed E-state index contributed by atoms with van der Waals surface area (Å²) in [6, 6.07) is 12.4. The SMILES string of the molecule is CN=C(NCc1ccc(F)c(CO)c1)N(C)Cc1ccccc1Cl.I. The highest BCUT2D eigenvalue weighted by Crippen LogP contribution is 2.16. The Morgan fingerprint density at radius 1 is 1.24 bits per heavy atom. The summed E-state index contributed by atoms with van der Waals surface area (Å²) in [7, 11) is 3.62. The molecule has 2 rings (SSSR count). The van der Waals surface area contributed by atoms with E-state index < -0.39 is 5.82 Å². The second kappa shape index (κ2) is 10.6. The van der Waals surface area contributed by atoms with E-state index in [1.54, 1.807) is 19.2 Å². The molecule has 0 aliphatic heterocycles. The van der Waals surface area contributed by atoms with Crippen LogP contribution in [0.1, 0.15) is 16.7 Å². The quantitative estimate of drug-likeness (QED) is 0.391. The van der Waals surface area contributed by atoms with Gasteiger partial charge in [0.05, 0.1) is 6.61 Å². The Morgan fingerprint density at radius 3 is 2.60 bits per heavy atom. The fourth-order valence-corrected chi connectivity index (χ4v) is 2.58. The van der Waals surface area contributed by atoms with Crippen molar-refractivity contribution in [3.8, 4) is 0 Å². The molecule has 4 nitrogen and oxygen atoms in total. The van der Waals surface area contributed by atoms with E-state index in [9.17, 15) is 4.39 Å². The van der Waals surface area contributed by atoms with E-state index in [0.717, 1.165) is 11.1 Å². The van der Waals surface area contributed by atoms with Crippen LogP contribution in [0.3, 0.4) is 0 Å². The van der Waals surface area contributed by atoms with Gasteiger partial charge in [0, 0.05) is 37.8 Å². The molecule has 2 aromatic rings. The summed E-state index contributed by atoms with van der Waals surface area (Å²) in [5.74, 6) is 0.297. The molecular weight excluding hydrogens is 456 g/mol. The molecule has 0 aromatic heterocycles. The van der Waals surface area contributed by atoms with E-state index in [2.05, 4.69) is 10.3 Å². The van der Waals surface area contributed by atoms with Crippen molar-refractivity contribution in [3.63, 3.8) is 0 Å². The van der Waals surface area contributed by atoms with Gasteiger partial charge in [-0.15, -0.1) is 24.0 Å². The average Bonchev–Trinajstić information content (AvgIpc) is 2.58. The summed E-state index contributed by atoms with van der Waals surface area (Å²) in [6.45, 7) is 0.776. The summed E-state index contributed by atoms with van der Waals surface area (Å²) in [5.41, 5.74) is 2.16. The summed E-state index contributed by atoms with van der Waals surface area (Å²) >= 11 is 6.19. The van der Waals surface area contributed by atoms with Crippen LogP contribution < -0.4 is 5.32 Å². The maximum atomic E-state index is 13.4. The number of guanidine groups is 1. The number of nitrogens with one attached hydrogen (secondary N) is 1. The van der Waals surface area contributed by atoms with E-state index in [-0.39, 0.29) is 36.1 Å². The summed E-state index contributed by atoms with van der Waals surface area (Å²) in [6.07, 6.45) is 0. The molecule has 0 bridgehead atoms. The Hall–Kier alpha value is -1.38. The van der Waals surface area contributed by atoms with Crippen LogP contribution in [-0.2, 0) is 19.7 Å². The molecule has 0 fully saturated rings. The fourth-order valence-electron chi connectivity index (χ4n) is 2.38. The van der Waals surface area contributed by atoms with Gasteiger partial charge in [0.25, 0.3) is 0 Å². The molecule has 2 aromatic carbocycles. The second-order valence-corrected chi connectivity index (χ2v) is 5.84. The summed E-state index contributed by atoms with van der Waals surface area (Å²) in [5, 5.41) is 13.1. The minimum Gasteiger partial charge on any atom is -0.392 e. The predicted octanol–water partition coefficient (Wildman–Crippen LogP) is 3.80. The molecule has 0 aliphatic carbocycles. The third-order valence-corrected chi connectivity index (χ3v) is 4.04. The molecule has 136 valence electrons. The first-order valence-electron chi connectivity index (χ1n) is 7.58. The average molecular weight is 478 g/mol. The summed E-state index contributed by atoms with van der Waals surface area (Å²) < 4.78 is 13.4. The number of hydrogen-bond donors (Lipinski definition) is 2. The van der Waals surface area contributed by atoms with E-state index in [1.165, 1.54) is 6.07 Å². The van der Waals surface area contributed by atoms with Crippen molar-refractivity contribution in [2.24, 2.45) is 4.99 Å². The van der Waals surface area contributed by atoms with E-state index in [4.69, 9.17) is 16.7 Å². The number of nitrogens with zero attached hydrogens (tertiary/aromatic N) is 2. The third-order valence-electron chi connectivity index (χ3n) is 3.67. The highest BCUT2D eigenvalue weighted by molar-refractivity contribution is 14.0. The Morgan fingerprint density at radius 2 is 1.96 bits per heavy atom. The Labute approximate surface area is 169 Å². The Balaban J connectivity index is 0.00000312. The highest BCUT2D eigenvalue weighted by atomic mass is 127. The van der Waals surface area contributed by atoms with E-state index in [1.807, 2.05) is 36.2 Å². The molecule has 2 N–H and O–H groups in total. The van der Waals surface area contributed by atoms with Crippen molar-refractivity contribution >= 4 is 41.5 Å². The molecule has 0 spiro atoms. The number of aliphatic hydroxyl groups is 1. The van der Waals surface area contributed by atoms with Gasteiger partial charge in [-0.1, -0.05) is 35.9 Å². The Kier molecular flexibility index (Phi) is 9.16. The van der Waals surface area contributed by atoms with Crippen LogP contribution in [0.25, 0.3) is 0 Å². The first-order valence-corrected chi connectivity index (χ1v) is 7.96. The van der Waals surface area contributed by atoms with Gasteiger partial charge in [-0.25, -0.2) is 4.39 Å². The monoisotopic (exact) mass is 477 g/mol. The largest absolute Gasteiger partial charge is 0.392 e. The van der Waals surface area contributed by atoms with Crippen molar-refractivity contribution in [1.29, 1.82) is 0 Å². The minimum atomic E-state index is -0.401. The maximum Gasteiger partial charge on any atom is 0.193 e. The number of halogens is 3. The fraction of sp³-hybridized carbons (Fsp3) is 0.278. The van der Waals surface area contributed by atoms with Gasteiger partial charge in [0.2, 0.25) is 0 Å². The zero-order valence-electron chi connectivity index (χ0n) is 14.2. The van der Waals surface area contributed by atoms with Gasteiger partial charge in [-0.2, -0.15) is 0 Å². The molecule has 0 saturated carbocycles. The van der Waals surface area contributed by atoms with Crippen molar-refractivity contribution in [3.05, 3.63) is 70.0 Å². The van der Waals surface area contributed by atoms with Crippen LogP contribution in [0.2, 0.25) is 5.02 Å². The lowest BCUT2D eigenvalue weighted by Gasteiger charge is -2.22. The smallest absolute Gasteiger partial charge is 0.193 e. The molecule has 0 amide bonds. The minimum absolute atomic E-state index is 0. The number of rotatable bonds is 5. The lowest BCUT2D eigenvalue weighted by molar-refractivity contribution is 0.275. The van der Waals surface area contributed by atoms with Gasteiger partial charge in [-0.3, -0.25) is 4.99 Å². The summed E-state index contributed by atoms with van der Waals surface area (Å²) in [4.78, 5) is 6.21. The molecule has 0 saturated heterocycles. The van der Waals surface area contributed by atoms with Crippen LogP contribution in [0.4, 0.5) is 4.39 Å². The predicted molar refractivity (Wildman–Crippen MR) is 111 cm³/mol. The molecule has 7 heteroatoms. The van der Waals surface area contributed by atoms with E-state index in [0.29, 0.717) is 24.1 Å². The number of hydrogen-bond acceptors (Lipinski definition) is 2. The number of aliphatic hydroxyl groups excluding tert-OH is 1. The second-order valence-electron chi connectivity index (χ2n) is 5.43. The molecule has 0 atom stereocenters. The number of aliphatic imine (C=N–C) groups is 1. The lowest BCUT2D eigenvalue weighted by Crippen LogP contribution is -2.38. The number of benzene rings is 2. The molecule has 0 aliphatic rings. The molecular formula is C18H22ClFIN3O. The molecule has 0 radical (unpaired) electrons.